The van der Waals surface area contributed by atoms with Crippen LogP contribution in [-0.4, -0.2) is 25.0 Å². The lowest BCUT2D eigenvalue weighted by Crippen LogP contribution is -2.48. The van der Waals surface area contributed by atoms with Crippen LogP contribution in [0.25, 0.3) is 0 Å². The average Bonchev–Trinajstić information content (AvgIpc) is 2.40. The fourth-order valence-electron chi connectivity index (χ4n) is 2.65. The van der Waals surface area contributed by atoms with Crippen LogP contribution in [-0.2, 0) is 11.2 Å². The van der Waals surface area contributed by atoms with Gasteiger partial charge in [0.15, 0.2) is 0 Å². The van der Waals surface area contributed by atoms with E-state index in [4.69, 9.17) is 0 Å². The summed E-state index contributed by atoms with van der Waals surface area (Å²) < 4.78 is 0. The Kier molecular flexibility index (Phi) is 4.97. The minimum atomic E-state index is 0.182. The summed E-state index contributed by atoms with van der Waals surface area (Å²) in [6, 6.07) is 8.62. The summed E-state index contributed by atoms with van der Waals surface area (Å²) in [7, 11) is 0. The van der Waals surface area contributed by atoms with Gasteiger partial charge in [0.25, 0.3) is 0 Å². The van der Waals surface area contributed by atoms with Crippen molar-refractivity contribution in [3.8, 4) is 0 Å². The van der Waals surface area contributed by atoms with E-state index in [0.717, 1.165) is 25.9 Å². The molecule has 1 amide bonds. The molecule has 0 aromatic heterocycles. The topological polar surface area (TPSA) is 41.1 Å². The van der Waals surface area contributed by atoms with Gasteiger partial charge in [-0.3, -0.25) is 4.79 Å². The number of hydrogen-bond donors (Lipinski definition) is 2. The first-order valence-corrected chi connectivity index (χ1v) is 7.21. The summed E-state index contributed by atoms with van der Waals surface area (Å²) in [5.41, 5.74) is 2.54. The van der Waals surface area contributed by atoms with E-state index in [2.05, 4.69) is 36.6 Å². The van der Waals surface area contributed by atoms with Crippen molar-refractivity contribution in [2.24, 2.45) is 5.92 Å². The van der Waals surface area contributed by atoms with E-state index in [9.17, 15) is 4.79 Å². The zero-order chi connectivity index (χ0) is 13.7. The van der Waals surface area contributed by atoms with Crippen molar-refractivity contribution in [2.75, 3.05) is 13.1 Å². The van der Waals surface area contributed by atoms with Crippen molar-refractivity contribution in [1.82, 2.24) is 10.6 Å². The maximum absolute atomic E-state index is 12.0. The average molecular weight is 260 g/mol. The molecule has 2 N–H and O–H groups in total. The highest BCUT2D eigenvalue weighted by molar-refractivity contribution is 5.76. The second kappa shape index (κ2) is 6.71. The molecule has 2 rings (SSSR count). The molecular weight excluding hydrogens is 236 g/mol. The molecule has 0 radical (unpaired) electrons. The molecular formula is C16H24N2O. The van der Waals surface area contributed by atoms with Gasteiger partial charge < -0.3 is 10.6 Å². The van der Waals surface area contributed by atoms with Gasteiger partial charge in [-0.2, -0.15) is 0 Å². The molecule has 3 heteroatoms. The molecule has 1 aromatic carbocycles. The molecule has 1 aliphatic rings. The van der Waals surface area contributed by atoms with Gasteiger partial charge in [-0.25, -0.2) is 0 Å². The molecule has 104 valence electrons. The standard InChI is InChI=1S/C16H24N2O/c1-12-5-3-4-6-14(12)7-8-16(19)18-15-9-10-17-11-13(15)2/h3-6,13,15,17H,7-11H2,1-2H3,(H,18,19)/t13-,15+/m0/s1. The molecule has 1 aromatic rings. The second-order valence-corrected chi connectivity index (χ2v) is 5.57. The Bertz CT molecular complexity index is 431. The molecule has 19 heavy (non-hydrogen) atoms. The Hall–Kier alpha value is -1.35. The molecule has 1 fully saturated rings. The van der Waals surface area contributed by atoms with Gasteiger partial charge in [-0.1, -0.05) is 31.2 Å². The van der Waals surface area contributed by atoms with Crippen LogP contribution in [0.15, 0.2) is 24.3 Å². The van der Waals surface area contributed by atoms with Gasteiger partial charge in [-0.15, -0.1) is 0 Å². The fraction of sp³-hybridized carbons (Fsp3) is 0.562. The van der Waals surface area contributed by atoms with Gasteiger partial charge in [0.2, 0.25) is 5.91 Å². The number of amides is 1. The third kappa shape index (κ3) is 4.06. The Morgan fingerprint density at radius 3 is 2.95 bits per heavy atom. The number of carbonyl (C=O) groups excluding carboxylic acids is 1. The number of nitrogens with one attached hydrogen (secondary N) is 2. The first-order valence-electron chi connectivity index (χ1n) is 7.21. The molecule has 0 spiro atoms. The SMILES string of the molecule is Cc1ccccc1CCC(=O)N[C@@H]1CCNC[C@@H]1C. The highest BCUT2D eigenvalue weighted by Crippen LogP contribution is 2.12. The Morgan fingerprint density at radius 1 is 1.42 bits per heavy atom. The number of aryl methyl sites for hydroxylation is 2. The zero-order valence-electron chi connectivity index (χ0n) is 11.9. The minimum absolute atomic E-state index is 0.182. The van der Waals surface area contributed by atoms with Crippen LogP contribution in [0.5, 0.6) is 0 Å². The molecule has 0 saturated carbocycles. The lowest BCUT2D eigenvalue weighted by atomic mass is 9.95. The predicted octanol–water partition coefficient (Wildman–Crippen LogP) is 2.04. The van der Waals surface area contributed by atoms with Gasteiger partial charge >= 0.3 is 0 Å². The predicted molar refractivity (Wildman–Crippen MR) is 78.1 cm³/mol. The molecule has 1 saturated heterocycles. The zero-order valence-corrected chi connectivity index (χ0v) is 11.9. The van der Waals surface area contributed by atoms with Crippen LogP contribution in [0.2, 0.25) is 0 Å². The Labute approximate surface area is 115 Å². The number of benzene rings is 1. The van der Waals surface area contributed by atoms with E-state index in [1.807, 2.05) is 12.1 Å². The third-order valence-corrected chi connectivity index (χ3v) is 4.01. The molecule has 0 unspecified atom stereocenters. The van der Waals surface area contributed by atoms with E-state index in [1.54, 1.807) is 0 Å². The van der Waals surface area contributed by atoms with Gasteiger partial charge in [-0.05, 0) is 49.9 Å². The van der Waals surface area contributed by atoms with Crippen LogP contribution >= 0.6 is 0 Å². The van der Waals surface area contributed by atoms with Gasteiger partial charge in [0.1, 0.15) is 0 Å². The number of hydrogen-bond acceptors (Lipinski definition) is 2. The van der Waals surface area contributed by atoms with Crippen molar-refractivity contribution >= 4 is 5.91 Å². The second-order valence-electron chi connectivity index (χ2n) is 5.57. The van der Waals surface area contributed by atoms with E-state index in [1.165, 1.54) is 11.1 Å². The van der Waals surface area contributed by atoms with E-state index < -0.39 is 0 Å². The summed E-state index contributed by atoms with van der Waals surface area (Å²) in [5.74, 6) is 0.707. The highest BCUT2D eigenvalue weighted by Gasteiger charge is 2.22. The first kappa shape index (κ1) is 14.1. The maximum Gasteiger partial charge on any atom is 0.220 e. The van der Waals surface area contributed by atoms with Crippen LogP contribution in [0, 0.1) is 12.8 Å². The number of piperidine rings is 1. The molecule has 0 bridgehead atoms. The fourth-order valence-corrected chi connectivity index (χ4v) is 2.65. The molecule has 2 atom stereocenters. The Balaban J connectivity index is 1.80. The monoisotopic (exact) mass is 260 g/mol. The van der Waals surface area contributed by atoms with Crippen LogP contribution in [0.4, 0.5) is 0 Å². The maximum atomic E-state index is 12.0. The third-order valence-electron chi connectivity index (χ3n) is 4.01. The summed E-state index contributed by atoms with van der Waals surface area (Å²) >= 11 is 0. The first-order chi connectivity index (χ1) is 9.16. The van der Waals surface area contributed by atoms with Crippen molar-refractivity contribution in [1.29, 1.82) is 0 Å². The van der Waals surface area contributed by atoms with E-state index >= 15 is 0 Å². The summed E-state index contributed by atoms with van der Waals surface area (Å²) in [4.78, 5) is 12.0. The number of carbonyl (C=O) groups is 1. The summed E-state index contributed by atoms with van der Waals surface area (Å²) in [5, 5.41) is 6.53. The molecule has 3 nitrogen and oxygen atoms in total. The molecule has 1 aliphatic heterocycles. The van der Waals surface area contributed by atoms with Crippen LogP contribution < -0.4 is 10.6 Å². The van der Waals surface area contributed by atoms with Crippen molar-refractivity contribution in [3.63, 3.8) is 0 Å². The van der Waals surface area contributed by atoms with Gasteiger partial charge in [0, 0.05) is 12.5 Å². The van der Waals surface area contributed by atoms with Crippen LogP contribution in [0.3, 0.4) is 0 Å². The van der Waals surface area contributed by atoms with Crippen molar-refractivity contribution in [3.05, 3.63) is 35.4 Å². The lowest BCUT2D eigenvalue weighted by Gasteiger charge is -2.30. The molecule has 1 heterocycles. The quantitative estimate of drug-likeness (QED) is 0.870. The lowest BCUT2D eigenvalue weighted by molar-refractivity contribution is -0.122. The van der Waals surface area contributed by atoms with Crippen molar-refractivity contribution < 1.29 is 4.79 Å². The van der Waals surface area contributed by atoms with Crippen molar-refractivity contribution in [2.45, 2.75) is 39.2 Å². The minimum Gasteiger partial charge on any atom is -0.353 e. The highest BCUT2D eigenvalue weighted by atomic mass is 16.1. The van der Waals surface area contributed by atoms with E-state index in [0.29, 0.717) is 18.4 Å². The van der Waals surface area contributed by atoms with Gasteiger partial charge in [0.05, 0.1) is 0 Å². The smallest absolute Gasteiger partial charge is 0.220 e. The summed E-state index contributed by atoms with van der Waals surface area (Å²) in [6.07, 6.45) is 2.45. The normalized spacial score (nSPS) is 23.1. The summed E-state index contributed by atoms with van der Waals surface area (Å²) in [6.45, 7) is 6.30. The largest absolute Gasteiger partial charge is 0.353 e. The van der Waals surface area contributed by atoms with Crippen LogP contribution in [0.1, 0.15) is 30.9 Å². The number of rotatable bonds is 4. The Morgan fingerprint density at radius 2 is 2.21 bits per heavy atom. The molecule has 0 aliphatic carbocycles. The van der Waals surface area contributed by atoms with E-state index in [-0.39, 0.29) is 5.91 Å².